The van der Waals surface area contributed by atoms with Crippen molar-refractivity contribution in [3.63, 3.8) is 0 Å². The Morgan fingerprint density at radius 2 is 1.71 bits per heavy atom. The molecule has 35 heavy (non-hydrogen) atoms. The van der Waals surface area contributed by atoms with Gasteiger partial charge in [-0.15, -0.1) is 0 Å². The van der Waals surface area contributed by atoms with Gasteiger partial charge in [-0.25, -0.2) is 4.90 Å². The molecule has 0 saturated carbocycles. The third-order valence-corrected chi connectivity index (χ3v) is 6.76. The molecule has 0 radical (unpaired) electrons. The molecule has 1 aromatic heterocycles. The summed E-state index contributed by atoms with van der Waals surface area (Å²) < 4.78 is 1.84. The highest BCUT2D eigenvalue weighted by Crippen LogP contribution is 2.37. The Bertz CT molecular complexity index is 1490. The number of anilines is 2. The summed E-state index contributed by atoms with van der Waals surface area (Å²) in [5, 5.41) is 3.95. The van der Waals surface area contributed by atoms with Crippen LogP contribution in [0.4, 0.5) is 16.2 Å². The van der Waals surface area contributed by atoms with Gasteiger partial charge in [-0.1, -0.05) is 47.5 Å². The molecule has 0 spiro atoms. The van der Waals surface area contributed by atoms with Gasteiger partial charge in [-0.3, -0.25) is 14.4 Å². The molecule has 6 nitrogen and oxygen atoms in total. The van der Waals surface area contributed by atoms with Gasteiger partial charge in [0, 0.05) is 33.4 Å². The van der Waals surface area contributed by atoms with Crippen molar-refractivity contribution in [3.8, 4) is 0 Å². The van der Waals surface area contributed by atoms with Crippen molar-refractivity contribution in [2.45, 2.75) is 13.5 Å². The van der Waals surface area contributed by atoms with E-state index in [0.717, 1.165) is 44.4 Å². The molecular formula is C27H20ClN3O3S. The first-order chi connectivity index (χ1) is 16.9. The first-order valence-electron chi connectivity index (χ1n) is 10.9. The Labute approximate surface area is 211 Å². The lowest BCUT2D eigenvalue weighted by atomic mass is 10.1. The first-order valence-corrected chi connectivity index (χ1v) is 12.1. The highest BCUT2D eigenvalue weighted by Gasteiger charge is 2.36. The lowest BCUT2D eigenvalue weighted by molar-refractivity contribution is -0.116. The maximum absolute atomic E-state index is 13.1. The number of thioether (sulfide) groups is 1. The Morgan fingerprint density at radius 1 is 1.00 bits per heavy atom. The predicted octanol–water partition coefficient (Wildman–Crippen LogP) is 6.48. The molecule has 4 aromatic rings. The van der Waals surface area contributed by atoms with E-state index in [4.69, 9.17) is 11.6 Å². The van der Waals surface area contributed by atoms with Gasteiger partial charge in [0.05, 0.1) is 10.6 Å². The normalized spacial score (nSPS) is 14.8. The summed E-state index contributed by atoms with van der Waals surface area (Å²) in [6, 6.07) is 21.8. The van der Waals surface area contributed by atoms with E-state index in [1.165, 1.54) is 0 Å². The molecule has 5 rings (SSSR count). The maximum atomic E-state index is 13.1. The number of hydrogen-bond acceptors (Lipinski definition) is 4. The van der Waals surface area contributed by atoms with Crippen molar-refractivity contribution in [3.05, 3.63) is 100 Å². The minimum Gasteiger partial charge on any atom is -0.337 e. The number of aromatic nitrogens is 1. The van der Waals surface area contributed by atoms with E-state index in [1.807, 2.05) is 66.2 Å². The van der Waals surface area contributed by atoms with E-state index in [9.17, 15) is 14.4 Å². The fourth-order valence-electron chi connectivity index (χ4n) is 3.93. The van der Waals surface area contributed by atoms with Gasteiger partial charge in [0.15, 0.2) is 0 Å². The van der Waals surface area contributed by atoms with Crippen LogP contribution in [0.3, 0.4) is 0 Å². The summed E-state index contributed by atoms with van der Waals surface area (Å²) in [5.74, 6) is -0.555. The standard InChI is InChI=1S/C27H20ClN3O3S/c1-17-6-10-20(11-7-17)29-25(32)16-30-15-18(22-4-2-3-5-23(22)30)14-24-26(33)31(27(34)35-24)21-12-8-19(28)9-13-21/h2-15H,16H2,1H3,(H,29,32)/b24-14+. The topological polar surface area (TPSA) is 71.4 Å². The summed E-state index contributed by atoms with van der Waals surface area (Å²) in [7, 11) is 0. The van der Waals surface area contributed by atoms with Crippen molar-refractivity contribution in [2.24, 2.45) is 0 Å². The summed E-state index contributed by atoms with van der Waals surface area (Å²) in [5.41, 5.74) is 3.92. The quantitative estimate of drug-likeness (QED) is 0.317. The molecule has 1 N–H and O–H groups in total. The number of carbonyl (C=O) groups is 3. The summed E-state index contributed by atoms with van der Waals surface area (Å²) in [6.07, 6.45) is 3.53. The highest BCUT2D eigenvalue weighted by molar-refractivity contribution is 8.19. The number of fused-ring (bicyclic) bond motifs is 1. The third kappa shape index (κ3) is 4.73. The van der Waals surface area contributed by atoms with Gasteiger partial charge < -0.3 is 9.88 Å². The van der Waals surface area contributed by atoms with Crippen LogP contribution in [0.5, 0.6) is 0 Å². The van der Waals surface area contributed by atoms with Gasteiger partial charge in [0.25, 0.3) is 11.1 Å². The van der Waals surface area contributed by atoms with Crippen LogP contribution >= 0.6 is 23.4 Å². The number of hydrogen-bond donors (Lipinski definition) is 1. The zero-order valence-corrected chi connectivity index (χ0v) is 20.3. The molecule has 174 valence electrons. The van der Waals surface area contributed by atoms with Crippen LogP contribution in [-0.4, -0.2) is 21.6 Å². The molecule has 2 heterocycles. The van der Waals surface area contributed by atoms with Crippen LogP contribution in [0.25, 0.3) is 17.0 Å². The Morgan fingerprint density at radius 3 is 2.46 bits per heavy atom. The van der Waals surface area contributed by atoms with E-state index in [1.54, 1.807) is 30.3 Å². The molecule has 0 aliphatic carbocycles. The van der Waals surface area contributed by atoms with E-state index in [2.05, 4.69) is 5.32 Å². The van der Waals surface area contributed by atoms with E-state index >= 15 is 0 Å². The Kier molecular flexibility index (Phi) is 6.19. The molecule has 1 aliphatic heterocycles. The van der Waals surface area contributed by atoms with Crippen molar-refractivity contribution < 1.29 is 14.4 Å². The smallest absolute Gasteiger partial charge is 0.298 e. The number of halogens is 1. The van der Waals surface area contributed by atoms with Crippen LogP contribution in [0, 0.1) is 6.92 Å². The molecule has 0 unspecified atom stereocenters. The molecule has 0 bridgehead atoms. The van der Waals surface area contributed by atoms with Crippen LogP contribution in [-0.2, 0) is 16.1 Å². The second-order valence-corrected chi connectivity index (χ2v) is 9.57. The van der Waals surface area contributed by atoms with Crippen LogP contribution in [0.15, 0.2) is 83.9 Å². The lowest BCUT2D eigenvalue weighted by Crippen LogP contribution is -2.27. The molecule has 8 heteroatoms. The number of amides is 3. The molecule has 1 fully saturated rings. The molecule has 3 aromatic carbocycles. The lowest BCUT2D eigenvalue weighted by Gasteiger charge is -2.12. The van der Waals surface area contributed by atoms with Crippen LogP contribution in [0.1, 0.15) is 11.1 Å². The molecular weight excluding hydrogens is 482 g/mol. The minimum absolute atomic E-state index is 0.106. The van der Waals surface area contributed by atoms with Crippen LogP contribution < -0.4 is 10.2 Å². The molecule has 1 saturated heterocycles. The average molecular weight is 502 g/mol. The van der Waals surface area contributed by atoms with Crippen molar-refractivity contribution in [2.75, 3.05) is 10.2 Å². The highest BCUT2D eigenvalue weighted by atomic mass is 35.5. The second kappa shape index (κ2) is 9.44. The number of imide groups is 1. The fourth-order valence-corrected chi connectivity index (χ4v) is 4.89. The largest absolute Gasteiger partial charge is 0.337 e. The maximum Gasteiger partial charge on any atom is 0.298 e. The van der Waals surface area contributed by atoms with Gasteiger partial charge in [-0.2, -0.15) is 0 Å². The van der Waals surface area contributed by atoms with E-state index in [-0.39, 0.29) is 17.7 Å². The minimum atomic E-state index is -0.392. The zero-order valence-electron chi connectivity index (χ0n) is 18.7. The summed E-state index contributed by atoms with van der Waals surface area (Å²) in [6.45, 7) is 2.09. The van der Waals surface area contributed by atoms with Gasteiger partial charge >= 0.3 is 0 Å². The van der Waals surface area contributed by atoms with Gasteiger partial charge in [-0.05, 0) is 67.2 Å². The molecule has 0 atom stereocenters. The summed E-state index contributed by atoms with van der Waals surface area (Å²) >= 11 is 6.82. The van der Waals surface area contributed by atoms with Gasteiger partial charge in [0.2, 0.25) is 5.91 Å². The molecule has 1 aliphatic rings. The number of nitrogens with zero attached hydrogens (tertiary/aromatic N) is 2. The fraction of sp³-hybridized carbons (Fsp3) is 0.0741. The third-order valence-electron chi connectivity index (χ3n) is 5.63. The number of benzene rings is 3. The molecule has 3 amide bonds. The van der Waals surface area contributed by atoms with Crippen molar-refractivity contribution >= 4 is 68.8 Å². The number of para-hydroxylation sites is 1. The number of nitrogens with one attached hydrogen (secondary N) is 1. The van der Waals surface area contributed by atoms with E-state index < -0.39 is 5.91 Å². The SMILES string of the molecule is Cc1ccc(NC(=O)Cn2cc(/C=C3/SC(=O)N(c4ccc(Cl)cc4)C3=O)c3ccccc32)cc1. The Balaban J connectivity index is 1.42. The average Bonchev–Trinajstić information content (AvgIpc) is 3.32. The number of rotatable bonds is 5. The second-order valence-electron chi connectivity index (χ2n) is 8.14. The number of carbonyl (C=O) groups excluding carboxylic acids is 3. The monoisotopic (exact) mass is 501 g/mol. The predicted molar refractivity (Wildman–Crippen MR) is 142 cm³/mol. The first kappa shape index (κ1) is 23.0. The zero-order chi connectivity index (χ0) is 24.5. The number of aryl methyl sites for hydroxylation is 1. The van der Waals surface area contributed by atoms with Crippen molar-refractivity contribution in [1.82, 2.24) is 4.57 Å². The van der Waals surface area contributed by atoms with Gasteiger partial charge in [0.1, 0.15) is 6.54 Å². The summed E-state index contributed by atoms with van der Waals surface area (Å²) in [4.78, 5) is 39.9. The Hall–Kier alpha value is -3.81. The van der Waals surface area contributed by atoms with Crippen LogP contribution in [0.2, 0.25) is 5.02 Å². The van der Waals surface area contributed by atoms with E-state index in [0.29, 0.717) is 15.6 Å². The van der Waals surface area contributed by atoms with Crippen molar-refractivity contribution in [1.29, 1.82) is 0 Å².